The van der Waals surface area contributed by atoms with E-state index in [0.717, 1.165) is 18.9 Å². The van der Waals surface area contributed by atoms with Crippen molar-refractivity contribution in [3.8, 4) is 0 Å². The average Bonchev–Trinajstić information content (AvgIpc) is 3.15. The maximum atomic E-state index is 11.2. The van der Waals surface area contributed by atoms with E-state index in [1.165, 1.54) is 12.1 Å². The van der Waals surface area contributed by atoms with Gasteiger partial charge in [0.1, 0.15) is 0 Å². The van der Waals surface area contributed by atoms with Crippen LogP contribution in [0.1, 0.15) is 23.2 Å². The zero-order valence-corrected chi connectivity index (χ0v) is 11.5. The van der Waals surface area contributed by atoms with Crippen LogP contribution < -0.4 is 10.5 Å². The largest absolute Gasteiger partial charge is 0.478 e. The van der Waals surface area contributed by atoms with Gasteiger partial charge in [-0.1, -0.05) is 0 Å². The fourth-order valence-electron chi connectivity index (χ4n) is 1.88. The monoisotopic (exact) mass is 300 g/mol. The van der Waals surface area contributed by atoms with Gasteiger partial charge in [-0.25, -0.2) is 18.4 Å². The van der Waals surface area contributed by atoms with Crippen LogP contribution in [0.25, 0.3) is 0 Å². The fraction of sp³-hybridized carbons (Fsp3) is 0.417. The number of nitrogens with one attached hydrogen (secondary N) is 1. The minimum atomic E-state index is -3.94. The summed E-state index contributed by atoms with van der Waals surface area (Å²) in [6, 6.07) is 3.65. The third-order valence-electron chi connectivity index (χ3n) is 3.50. The van der Waals surface area contributed by atoms with Crippen LogP contribution in [0.15, 0.2) is 23.1 Å². The van der Waals surface area contributed by atoms with Gasteiger partial charge < -0.3 is 15.5 Å². The van der Waals surface area contributed by atoms with Crippen LogP contribution in [0.3, 0.4) is 0 Å². The molecular formula is C12H16N2O5S. The quantitative estimate of drug-likeness (QED) is 0.594. The lowest BCUT2D eigenvalue weighted by atomic mass is 10.1. The first-order chi connectivity index (χ1) is 9.27. The van der Waals surface area contributed by atoms with Crippen molar-refractivity contribution in [3.05, 3.63) is 23.8 Å². The number of primary sulfonamides is 1. The van der Waals surface area contributed by atoms with Crippen LogP contribution in [-0.4, -0.2) is 37.8 Å². The highest BCUT2D eigenvalue weighted by molar-refractivity contribution is 7.89. The lowest BCUT2D eigenvalue weighted by molar-refractivity contribution is 0.0697. The van der Waals surface area contributed by atoms with Crippen molar-refractivity contribution < 1.29 is 23.4 Å². The Bertz CT molecular complexity index is 637. The molecule has 20 heavy (non-hydrogen) atoms. The molecule has 0 radical (unpaired) electrons. The van der Waals surface area contributed by atoms with Crippen molar-refractivity contribution in [1.29, 1.82) is 0 Å². The molecule has 1 aliphatic rings. The summed E-state index contributed by atoms with van der Waals surface area (Å²) in [5, 5.41) is 26.3. The zero-order valence-electron chi connectivity index (χ0n) is 10.7. The number of hydrogen-bond donors (Lipinski definition) is 4. The summed E-state index contributed by atoms with van der Waals surface area (Å²) in [6.45, 7) is 0.482. The number of carboxylic acids is 1. The van der Waals surface area contributed by atoms with Crippen molar-refractivity contribution in [3.63, 3.8) is 0 Å². The number of nitrogens with two attached hydrogens (primary N) is 1. The Morgan fingerprint density at radius 3 is 2.50 bits per heavy atom. The Hall–Kier alpha value is -1.64. The number of anilines is 1. The molecule has 5 N–H and O–H groups in total. The van der Waals surface area contributed by atoms with E-state index in [1.54, 1.807) is 0 Å². The van der Waals surface area contributed by atoms with Crippen LogP contribution in [0.4, 0.5) is 5.69 Å². The summed E-state index contributed by atoms with van der Waals surface area (Å²) < 4.78 is 22.4. The molecule has 0 amide bonds. The van der Waals surface area contributed by atoms with E-state index < -0.39 is 16.0 Å². The van der Waals surface area contributed by atoms with Gasteiger partial charge in [-0.05, 0) is 31.0 Å². The molecule has 1 aliphatic carbocycles. The molecule has 0 aliphatic heterocycles. The van der Waals surface area contributed by atoms with E-state index in [1.807, 2.05) is 0 Å². The number of carboxylic acid groups (broad SMARTS) is 1. The first kappa shape index (κ1) is 14.8. The van der Waals surface area contributed by atoms with Gasteiger partial charge in [0.15, 0.2) is 0 Å². The van der Waals surface area contributed by atoms with Crippen LogP contribution >= 0.6 is 0 Å². The molecule has 7 nitrogen and oxygen atoms in total. The number of benzene rings is 1. The van der Waals surface area contributed by atoms with Gasteiger partial charge in [0.25, 0.3) is 0 Å². The summed E-state index contributed by atoms with van der Waals surface area (Å²) in [4.78, 5) is 10.9. The first-order valence-electron chi connectivity index (χ1n) is 6.02. The van der Waals surface area contributed by atoms with E-state index >= 15 is 0 Å². The van der Waals surface area contributed by atoms with Gasteiger partial charge in [-0.3, -0.25) is 0 Å². The van der Waals surface area contributed by atoms with Crippen molar-refractivity contribution in [1.82, 2.24) is 0 Å². The molecule has 0 heterocycles. The highest BCUT2D eigenvalue weighted by Gasteiger charge is 2.41. The predicted molar refractivity (Wildman–Crippen MR) is 72.0 cm³/mol. The number of rotatable bonds is 6. The molecular weight excluding hydrogens is 284 g/mol. The lowest BCUT2D eigenvalue weighted by Gasteiger charge is -2.15. The molecule has 0 saturated heterocycles. The smallest absolute Gasteiger partial charge is 0.337 e. The maximum absolute atomic E-state index is 11.2. The van der Waals surface area contributed by atoms with Gasteiger partial charge in [0, 0.05) is 17.6 Å². The van der Waals surface area contributed by atoms with Gasteiger partial charge in [-0.15, -0.1) is 0 Å². The van der Waals surface area contributed by atoms with Crippen molar-refractivity contribution in [2.75, 3.05) is 18.5 Å². The predicted octanol–water partition coefficient (Wildman–Crippen LogP) is 0.217. The van der Waals surface area contributed by atoms with E-state index in [-0.39, 0.29) is 22.5 Å². The molecule has 2 rings (SSSR count). The molecule has 1 fully saturated rings. The van der Waals surface area contributed by atoms with E-state index in [0.29, 0.717) is 12.2 Å². The summed E-state index contributed by atoms with van der Waals surface area (Å²) in [5.74, 6) is -1.24. The third kappa shape index (κ3) is 3.09. The number of carbonyl (C=O) groups is 1. The average molecular weight is 300 g/mol. The Labute approximate surface area is 116 Å². The molecule has 1 saturated carbocycles. The van der Waals surface area contributed by atoms with Gasteiger partial charge in [0.05, 0.1) is 17.1 Å². The van der Waals surface area contributed by atoms with Gasteiger partial charge in [0.2, 0.25) is 10.0 Å². The molecule has 1 aromatic carbocycles. The number of aromatic carboxylic acids is 1. The van der Waals surface area contributed by atoms with Crippen molar-refractivity contribution >= 4 is 21.7 Å². The first-order valence-corrected chi connectivity index (χ1v) is 7.57. The molecule has 110 valence electrons. The summed E-state index contributed by atoms with van der Waals surface area (Å²) >= 11 is 0. The summed E-state index contributed by atoms with van der Waals surface area (Å²) in [7, 11) is -3.94. The van der Waals surface area contributed by atoms with E-state index in [2.05, 4.69) is 5.32 Å². The van der Waals surface area contributed by atoms with Crippen molar-refractivity contribution in [2.24, 2.45) is 10.6 Å². The second-order valence-corrected chi connectivity index (χ2v) is 6.63. The Balaban J connectivity index is 2.26. The van der Waals surface area contributed by atoms with E-state index in [9.17, 15) is 18.3 Å². The maximum Gasteiger partial charge on any atom is 0.337 e. The lowest BCUT2D eigenvalue weighted by Crippen LogP contribution is -2.20. The fourth-order valence-corrected chi connectivity index (χ4v) is 2.42. The molecule has 8 heteroatoms. The normalized spacial score (nSPS) is 16.7. The highest BCUT2D eigenvalue weighted by Crippen LogP contribution is 2.45. The second-order valence-electron chi connectivity index (χ2n) is 5.07. The highest BCUT2D eigenvalue weighted by atomic mass is 32.2. The van der Waals surface area contributed by atoms with Gasteiger partial charge in [-0.2, -0.15) is 0 Å². The van der Waals surface area contributed by atoms with Crippen LogP contribution in [0, 0.1) is 5.41 Å². The van der Waals surface area contributed by atoms with Gasteiger partial charge >= 0.3 is 5.97 Å². The Morgan fingerprint density at radius 1 is 1.40 bits per heavy atom. The minimum Gasteiger partial charge on any atom is -0.478 e. The number of aliphatic hydroxyl groups is 1. The zero-order chi connectivity index (χ0) is 15.0. The summed E-state index contributed by atoms with van der Waals surface area (Å²) in [6.07, 6.45) is 1.77. The molecule has 0 bridgehead atoms. The molecule has 0 atom stereocenters. The van der Waals surface area contributed by atoms with Crippen LogP contribution in [-0.2, 0) is 10.0 Å². The minimum absolute atomic E-state index is 0.0394. The Kier molecular flexibility index (Phi) is 3.72. The molecule has 1 aromatic rings. The number of sulfonamides is 1. The molecule has 0 spiro atoms. The standard InChI is InChI=1S/C12H16N2O5S/c13-20(18,19)8-1-2-10(9(5-8)11(16)17)14-6-12(7-15)3-4-12/h1-2,5,14-15H,3-4,6-7H2,(H,16,17)(H2,13,18,19). The van der Waals surface area contributed by atoms with Crippen LogP contribution in [0.2, 0.25) is 0 Å². The SMILES string of the molecule is NS(=O)(=O)c1ccc(NCC2(CO)CC2)c(C(=O)O)c1. The Morgan fingerprint density at radius 2 is 2.05 bits per heavy atom. The number of hydrogen-bond acceptors (Lipinski definition) is 5. The molecule has 0 aromatic heterocycles. The van der Waals surface area contributed by atoms with Crippen LogP contribution in [0.5, 0.6) is 0 Å². The number of aliphatic hydroxyl groups excluding tert-OH is 1. The van der Waals surface area contributed by atoms with Crippen molar-refractivity contribution in [2.45, 2.75) is 17.7 Å². The van der Waals surface area contributed by atoms with E-state index in [4.69, 9.17) is 10.2 Å². The molecule has 0 unspecified atom stereocenters. The second kappa shape index (κ2) is 5.04. The topological polar surface area (TPSA) is 130 Å². The third-order valence-corrected chi connectivity index (χ3v) is 4.41. The summed E-state index contributed by atoms with van der Waals surface area (Å²) in [5.41, 5.74) is -0.0381.